The molecule has 0 N–H and O–H groups in total. The molecule has 0 aliphatic carbocycles. The van der Waals surface area contributed by atoms with Gasteiger partial charge in [0.25, 0.3) is 0 Å². The lowest BCUT2D eigenvalue weighted by Gasteiger charge is -2.18. The number of allylic oxidation sites excluding steroid dienone is 16. The molecule has 6 heteroatoms. The smallest absolute Gasteiger partial charge is 0.306 e. The Kier molecular flexibility index (Phi) is 50.0. The van der Waals surface area contributed by atoms with E-state index in [0.717, 1.165) is 89.9 Å². The van der Waals surface area contributed by atoms with Gasteiger partial charge in [0.1, 0.15) is 13.2 Å². The Labute approximate surface area is 400 Å². The van der Waals surface area contributed by atoms with Crippen LogP contribution >= 0.6 is 0 Å². The molecule has 0 saturated carbocycles. The van der Waals surface area contributed by atoms with E-state index >= 15 is 0 Å². The van der Waals surface area contributed by atoms with Crippen LogP contribution in [0.15, 0.2) is 97.2 Å². The standard InChI is InChI=1S/C59H98O6/c1-4-7-10-13-16-19-22-24-26-28-29-31-33-35-38-41-44-47-50-53-59(62)65-56(54-63-57(60)51-48-45-42-39-36-21-18-15-12-9-6-3)55-64-58(61)52-49-46-43-40-37-34-32-30-27-25-23-20-17-14-11-8-5-2/h7,10,15-16,18-19,24-27,29,31,35,38,44,47,56H,4-6,8-9,11-14,17,20-23,28,30,32-34,36-37,39-43,45-46,48-55H2,1-3H3/b10-7-,18-15-,19-16-,26-24-,27-25-,31-29-,38-35-,47-44-/t56-/m0/s1. The zero-order chi connectivity index (χ0) is 47.2. The van der Waals surface area contributed by atoms with Crippen molar-refractivity contribution in [3.05, 3.63) is 97.2 Å². The maximum atomic E-state index is 12.8. The molecule has 0 aromatic rings. The molecule has 0 amide bonds. The fourth-order valence-corrected chi connectivity index (χ4v) is 7.03. The van der Waals surface area contributed by atoms with E-state index < -0.39 is 12.1 Å². The van der Waals surface area contributed by atoms with Crippen molar-refractivity contribution in [3.63, 3.8) is 0 Å². The van der Waals surface area contributed by atoms with Crippen molar-refractivity contribution in [1.29, 1.82) is 0 Å². The third-order valence-electron chi connectivity index (χ3n) is 11.1. The molecule has 0 radical (unpaired) electrons. The highest BCUT2D eigenvalue weighted by atomic mass is 16.6. The summed E-state index contributed by atoms with van der Waals surface area (Å²) in [6.07, 6.45) is 69.8. The van der Waals surface area contributed by atoms with E-state index in [4.69, 9.17) is 14.2 Å². The van der Waals surface area contributed by atoms with Crippen LogP contribution in [0.2, 0.25) is 0 Å². The molecule has 0 aliphatic rings. The van der Waals surface area contributed by atoms with E-state index in [9.17, 15) is 14.4 Å². The number of esters is 3. The Morgan fingerprint density at radius 3 is 1.05 bits per heavy atom. The van der Waals surface area contributed by atoms with Crippen LogP contribution in [0.25, 0.3) is 0 Å². The van der Waals surface area contributed by atoms with E-state index in [1.807, 2.05) is 12.2 Å². The molecule has 0 aromatic heterocycles. The van der Waals surface area contributed by atoms with Gasteiger partial charge in [0, 0.05) is 19.3 Å². The predicted octanol–water partition coefficient (Wildman–Crippen LogP) is 17.8. The minimum atomic E-state index is -0.823. The Morgan fingerprint density at radius 2 is 0.646 bits per heavy atom. The van der Waals surface area contributed by atoms with E-state index in [-0.39, 0.29) is 31.6 Å². The molecular weight excluding hydrogens is 805 g/mol. The highest BCUT2D eigenvalue weighted by Gasteiger charge is 2.19. The summed E-state index contributed by atoms with van der Waals surface area (Å²) >= 11 is 0. The number of carbonyl (C=O) groups is 3. The van der Waals surface area contributed by atoms with Crippen molar-refractivity contribution in [2.45, 2.75) is 245 Å². The van der Waals surface area contributed by atoms with Gasteiger partial charge < -0.3 is 14.2 Å². The second kappa shape index (κ2) is 52.9. The number of hydrogen-bond donors (Lipinski definition) is 0. The van der Waals surface area contributed by atoms with Crippen LogP contribution in [0.4, 0.5) is 0 Å². The van der Waals surface area contributed by atoms with Crippen LogP contribution in [0, 0.1) is 0 Å². The summed E-state index contributed by atoms with van der Waals surface area (Å²) in [7, 11) is 0. The molecular formula is C59H98O6. The zero-order valence-corrected chi connectivity index (χ0v) is 42.2. The molecule has 65 heavy (non-hydrogen) atoms. The average molecular weight is 903 g/mol. The molecule has 0 heterocycles. The van der Waals surface area contributed by atoms with Gasteiger partial charge in [-0.1, -0.05) is 214 Å². The number of carbonyl (C=O) groups excluding carboxylic acids is 3. The molecule has 0 aromatic carbocycles. The molecule has 0 aliphatic heterocycles. The Hall–Kier alpha value is -3.67. The first-order valence-electron chi connectivity index (χ1n) is 26.7. The molecule has 0 bridgehead atoms. The molecule has 1 atom stereocenters. The minimum Gasteiger partial charge on any atom is -0.462 e. The summed E-state index contributed by atoms with van der Waals surface area (Å²) in [5.74, 6) is -1.01. The van der Waals surface area contributed by atoms with Crippen LogP contribution in [0.3, 0.4) is 0 Å². The first-order chi connectivity index (χ1) is 32.0. The Bertz CT molecular complexity index is 1310. The van der Waals surface area contributed by atoms with Gasteiger partial charge in [-0.15, -0.1) is 0 Å². The lowest BCUT2D eigenvalue weighted by Crippen LogP contribution is -2.30. The molecule has 0 saturated heterocycles. The Morgan fingerprint density at radius 1 is 0.323 bits per heavy atom. The summed E-state index contributed by atoms with van der Waals surface area (Å²) in [5, 5.41) is 0. The monoisotopic (exact) mass is 903 g/mol. The summed E-state index contributed by atoms with van der Waals surface area (Å²) in [4.78, 5) is 38.0. The molecule has 0 unspecified atom stereocenters. The first kappa shape index (κ1) is 61.3. The van der Waals surface area contributed by atoms with Gasteiger partial charge in [-0.2, -0.15) is 0 Å². The second-order valence-corrected chi connectivity index (χ2v) is 17.4. The summed E-state index contributed by atoms with van der Waals surface area (Å²) in [6.45, 7) is 6.40. The number of rotatable bonds is 47. The average Bonchev–Trinajstić information content (AvgIpc) is 3.30. The molecule has 370 valence electrons. The summed E-state index contributed by atoms with van der Waals surface area (Å²) in [5.41, 5.74) is 0. The predicted molar refractivity (Wildman–Crippen MR) is 279 cm³/mol. The highest BCUT2D eigenvalue weighted by Crippen LogP contribution is 2.13. The summed E-state index contributed by atoms with van der Waals surface area (Å²) < 4.78 is 16.7. The number of hydrogen-bond acceptors (Lipinski definition) is 6. The fourth-order valence-electron chi connectivity index (χ4n) is 7.03. The third-order valence-corrected chi connectivity index (χ3v) is 11.1. The van der Waals surface area contributed by atoms with Gasteiger partial charge in [0.05, 0.1) is 0 Å². The summed E-state index contributed by atoms with van der Waals surface area (Å²) in [6, 6.07) is 0. The van der Waals surface area contributed by atoms with Gasteiger partial charge >= 0.3 is 17.9 Å². The lowest BCUT2D eigenvalue weighted by molar-refractivity contribution is -0.166. The van der Waals surface area contributed by atoms with E-state index in [2.05, 4.69) is 106 Å². The van der Waals surface area contributed by atoms with Crippen molar-refractivity contribution in [2.24, 2.45) is 0 Å². The van der Waals surface area contributed by atoms with Gasteiger partial charge in [-0.05, 0) is 103 Å². The van der Waals surface area contributed by atoms with Crippen molar-refractivity contribution in [2.75, 3.05) is 13.2 Å². The fraction of sp³-hybridized carbons (Fsp3) is 0.678. The number of unbranched alkanes of at least 4 members (excludes halogenated alkanes) is 20. The van der Waals surface area contributed by atoms with Crippen molar-refractivity contribution < 1.29 is 28.6 Å². The largest absolute Gasteiger partial charge is 0.462 e. The molecule has 6 nitrogen and oxygen atoms in total. The van der Waals surface area contributed by atoms with Gasteiger partial charge in [0.2, 0.25) is 0 Å². The van der Waals surface area contributed by atoms with Gasteiger partial charge in [-0.25, -0.2) is 0 Å². The van der Waals surface area contributed by atoms with E-state index in [1.165, 1.54) is 103 Å². The normalized spacial score (nSPS) is 12.8. The first-order valence-corrected chi connectivity index (χ1v) is 26.7. The Balaban J connectivity index is 4.50. The van der Waals surface area contributed by atoms with Crippen LogP contribution in [-0.2, 0) is 28.6 Å². The lowest BCUT2D eigenvalue weighted by atomic mass is 10.1. The third kappa shape index (κ3) is 51.2. The minimum absolute atomic E-state index is 0.113. The second-order valence-electron chi connectivity index (χ2n) is 17.4. The van der Waals surface area contributed by atoms with Crippen LogP contribution in [0.5, 0.6) is 0 Å². The van der Waals surface area contributed by atoms with E-state index in [1.54, 1.807) is 0 Å². The molecule has 0 spiro atoms. The maximum Gasteiger partial charge on any atom is 0.306 e. The highest BCUT2D eigenvalue weighted by molar-refractivity contribution is 5.71. The van der Waals surface area contributed by atoms with Crippen molar-refractivity contribution >= 4 is 17.9 Å². The van der Waals surface area contributed by atoms with Gasteiger partial charge in [-0.3, -0.25) is 14.4 Å². The molecule has 0 rings (SSSR count). The van der Waals surface area contributed by atoms with Gasteiger partial charge in [0.15, 0.2) is 6.10 Å². The van der Waals surface area contributed by atoms with Crippen molar-refractivity contribution in [3.8, 4) is 0 Å². The van der Waals surface area contributed by atoms with E-state index in [0.29, 0.717) is 19.3 Å². The molecule has 0 fully saturated rings. The maximum absolute atomic E-state index is 12.8. The van der Waals surface area contributed by atoms with Crippen LogP contribution in [-0.4, -0.2) is 37.2 Å². The zero-order valence-electron chi connectivity index (χ0n) is 42.2. The van der Waals surface area contributed by atoms with Crippen LogP contribution in [0.1, 0.15) is 239 Å². The van der Waals surface area contributed by atoms with Crippen molar-refractivity contribution in [1.82, 2.24) is 0 Å². The van der Waals surface area contributed by atoms with Crippen LogP contribution < -0.4 is 0 Å². The topological polar surface area (TPSA) is 78.9 Å². The SMILES string of the molecule is CC/C=C\C/C=C\C/C=C\C/C=C\C/C=C\C/C=C\CCC(=O)O[C@@H](COC(=O)CCCCCCC/C=C\CCCC)COC(=O)CCCCCCCCC/C=C\CCCCCCCC. The quantitative estimate of drug-likeness (QED) is 0.0262. The number of ether oxygens (including phenoxy) is 3.